The van der Waals surface area contributed by atoms with E-state index in [4.69, 9.17) is 5.11 Å². The second-order valence-corrected chi connectivity index (χ2v) is 5.64. The molecule has 116 valence electrons. The van der Waals surface area contributed by atoms with E-state index in [9.17, 15) is 4.79 Å². The molecule has 0 aliphatic rings. The first kappa shape index (κ1) is 17.7. The van der Waals surface area contributed by atoms with Gasteiger partial charge in [-0.05, 0) is 56.9 Å². The molecule has 0 heterocycles. The predicted molar refractivity (Wildman–Crippen MR) is 94.0 cm³/mol. The Morgan fingerprint density at radius 1 is 1.00 bits per heavy atom. The van der Waals surface area contributed by atoms with Crippen LogP contribution in [0, 0.1) is 20.8 Å². The molecule has 1 N–H and O–H groups in total. The van der Waals surface area contributed by atoms with Gasteiger partial charge in [-0.3, -0.25) is 0 Å². The molecule has 0 radical (unpaired) electrons. The quantitative estimate of drug-likeness (QED) is 0.602. The van der Waals surface area contributed by atoms with Crippen molar-refractivity contribution >= 4 is 12.0 Å². The van der Waals surface area contributed by atoms with Crippen LogP contribution in [0.15, 0.2) is 53.7 Å². The number of carboxylic acid groups (broad SMARTS) is 1. The molecular weight excluding hydrogens is 272 g/mol. The topological polar surface area (TPSA) is 37.3 Å². The molecule has 0 spiro atoms. The molecule has 0 atom stereocenters. The Kier molecular flexibility index (Phi) is 6.58. The van der Waals surface area contributed by atoms with Crippen molar-refractivity contribution in [2.24, 2.45) is 0 Å². The van der Waals surface area contributed by atoms with Crippen LogP contribution in [0.5, 0.6) is 0 Å². The lowest BCUT2D eigenvalue weighted by Gasteiger charge is -2.07. The van der Waals surface area contributed by atoms with Gasteiger partial charge in [0.15, 0.2) is 0 Å². The van der Waals surface area contributed by atoms with Gasteiger partial charge in [0.05, 0.1) is 0 Å². The number of allylic oxidation sites excluding steroid dienone is 6. The smallest absolute Gasteiger partial charge is 0.328 e. The Hall–Kier alpha value is -2.35. The van der Waals surface area contributed by atoms with Gasteiger partial charge in [0.1, 0.15) is 0 Å². The molecule has 22 heavy (non-hydrogen) atoms. The average molecular weight is 296 g/mol. The largest absolute Gasteiger partial charge is 0.478 e. The van der Waals surface area contributed by atoms with Gasteiger partial charge in [-0.1, -0.05) is 53.6 Å². The molecule has 1 rings (SSSR count). The first-order valence-corrected chi connectivity index (χ1v) is 7.31. The molecule has 0 aliphatic carbocycles. The maximum Gasteiger partial charge on any atom is 0.328 e. The number of aryl methyl sites for hydroxylation is 3. The van der Waals surface area contributed by atoms with Crippen LogP contribution in [0.2, 0.25) is 0 Å². The van der Waals surface area contributed by atoms with E-state index in [0.29, 0.717) is 5.57 Å². The number of carboxylic acids is 1. The number of hydrogen-bond donors (Lipinski definition) is 1. The van der Waals surface area contributed by atoms with E-state index >= 15 is 0 Å². The lowest BCUT2D eigenvalue weighted by molar-refractivity contribution is -0.131. The molecule has 0 aromatic heterocycles. The van der Waals surface area contributed by atoms with Crippen molar-refractivity contribution in [1.82, 2.24) is 0 Å². The molecule has 0 aliphatic heterocycles. The van der Waals surface area contributed by atoms with Gasteiger partial charge in [-0.15, -0.1) is 0 Å². The minimum atomic E-state index is -0.923. The Morgan fingerprint density at radius 3 is 2.14 bits per heavy atom. The second-order valence-electron chi connectivity index (χ2n) is 5.64. The molecular formula is C20H24O2. The molecule has 0 saturated carbocycles. The molecule has 1 aromatic carbocycles. The van der Waals surface area contributed by atoms with Gasteiger partial charge in [0.2, 0.25) is 0 Å². The number of aliphatic carboxylic acids is 1. The third kappa shape index (κ3) is 5.96. The highest BCUT2D eigenvalue weighted by Gasteiger charge is 1.99. The lowest BCUT2D eigenvalue weighted by Crippen LogP contribution is -1.88. The summed E-state index contributed by atoms with van der Waals surface area (Å²) in [5.41, 5.74) is 6.91. The molecule has 2 heteroatoms. The first-order chi connectivity index (χ1) is 10.3. The summed E-state index contributed by atoms with van der Waals surface area (Å²) in [6, 6.07) is 4.37. The highest BCUT2D eigenvalue weighted by atomic mass is 16.4. The summed E-state index contributed by atoms with van der Waals surface area (Å²) in [4.78, 5) is 10.5. The van der Waals surface area contributed by atoms with Gasteiger partial charge in [-0.2, -0.15) is 0 Å². The van der Waals surface area contributed by atoms with Crippen LogP contribution in [0.4, 0.5) is 0 Å². The number of rotatable bonds is 5. The fourth-order valence-electron chi connectivity index (χ4n) is 2.32. The van der Waals surface area contributed by atoms with Crippen molar-refractivity contribution in [3.63, 3.8) is 0 Å². The number of carbonyl (C=O) groups is 1. The summed E-state index contributed by atoms with van der Waals surface area (Å²) >= 11 is 0. The van der Waals surface area contributed by atoms with E-state index in [1.807, 2.05) is 19.1 Å². The Balaban J connectivity index is 2.84. The molecule has 0 fully saturated rings. The van der Waals surface area contributed by atoms with Crippen molar-refractivity contribution in [2.75, 3.05) is 0 Å². The predicted octanol–water partition coefficient (Wildman–Crippen LogP) is 5.16. The molecule has 0 bridgehead atoms. The van der Waals surface area contributed by atoms with Crippen molar-refractivity contribution in [3.8, 4) is 0 Å². The molecule has 1 aromatic rings. The lowest BCUT2D eigenvalue weighted by atomic mass is 9.99. The average Bonchev–Trinajstić information content (AvgIpc) is 2.36. The molecule has 0 amide bonds. The fraction of sp³-hybridized carbons (Fsp3) is 0.250. The van der Waals surface area contributed by atoms with Crippen molar-refractivity contribution in [3.05, 3.63) is 75.9 Å². The standard InChI is InChI=1S/C20H24O2/c1-14(7-6-8-15(2)13-20(21)22)9-10-19-17(4)11-16(3)12-18(19)5/h6-13H,1-5H3,(H,21,22). The van der Waals surface area contributed by atoms with Crippen LogP contribution in [-0.2, 0) is 4.79 Å². The van der Waals surface area contributed by atoms with E-state index in [0.717, 1.165) is 5.57 Å². The maximum atomic E-state index is 10.5. The summed E-state index contributed by atoms with van der Waals surface area (Å²) in [7, 11) is 0. The zero-order valence-corrected chi connectivity index (χ0v) is 14.0. The van der Waals surface area contributed by atoms with Gasteiger partial charge < -0.3 is 5.11 Å². The first-order valence-electron chi connectivity index (χ1n) is 7.31. The van der Waals surface area contributed by atoms with Crippen molar-refractivity contribution in [1.29, 1.82) is 0 Å². The van der Waals surface area contributed by atoms with Crippen LogP contribution in [-0.4, -0.2) is 11.1 Å². The van der Waals surface area contributed by atoms with E-state index in [2.05, 4.69) is 45.1 Å². The van der Waals surface area contributed by atoms with E-state index in [1.54, 1.807) is 13.0 Å². The zero-order valence-electron chi connectivity index (χ0n) is 14.0. The van der Waals surface area contributed by atoms with Crippen molar-refractivity contribution in [2.45, 2.75) is 34.6 Å². The summed E-state index contributed by atoms with van der Waals surface area (Å²) in [6.45, 7) is 10.1. The van der Waals surface area contributed by atoms with Gasteiger partial charge in [0.25, 0.3) is 0 Å². The Labute approximate surface area is 133 Å². The Morgan fingerprint density at radius 2 is 1.59 bits per heavy atom. The highest BCUT2D eigenvalue weighted by molar-refractivity contribution is 5.81. The third-order valence-electron chi connectivity index (χ3n) is 3.32. The number of benzene rings is 1. The summed E-state index contributed by atoms with van der Waals surface area (Å²) < 4.78 is 0. The normalized spacial score (nSPS) is 13.3. The Bertz CT molecular complexity index is 648. The minimum absolute atomic E-state index is 0.714. The maximum absolute atomic E-state index is 10.5. The summed E-state index contributed by atoms with van der Waals surface area (Å²) in [5.74, 6) is -0.923. The third-order valence-corrected chi connectivity index (χ3v) is 3.32. The van der Waals surface area contributed by atoms with Gasteiger partial charge in [-0.25, -0.2) is 4.79 Å². The van der Waals surface area contributed by atoms with Gasteiger partial charge in [0, 0.05) is 6.08 Å². The van der Waals surface area contributed by atoms with E-state index in [1.165, 1.54) is 28.3 Å². The van der Waals surface area contributed by atoms with Gasteiger partial charge >= 0.3 is 5.97 Å². The van der Waals surface area contributed by atoms with Crippen molar-refractivity contribution < 1.29 is 9.90 Å². The number of hydrogen-bond acceptors (Lipinski definition) is 1. The summed E-state index contributed by atoms with van der Waals surface area (Å²) in [5, 5.41) is 8.64. The van der Waals surface area contributed by atoms with Crippen LogP contribution < -0.4 is 0 Å². The zero-order chi connectivity index (χ0) is 16.7. The molecule has 0 saturated heterocycles. The van der Waals surface area contributed by atoms with Crippen LogP contribution in [0.25, 0.3) is 6.08 Å². The molecule has 2 nitrogen and oxygen atoms in total. The minimum Gasteiger partial charge on any atom is -0.478 e. The highest BCUT2D eigenvalue weighted by Crippen LogP contribution is 2.18. The van der Waals surface area contributed by atoms with Crippen LogP contribution in [0.3, 0.4) is 0 Å². The SMILES string of the molecule is CC(C=Cc1c(C)cc(C)cc1C)=CC=CC(C)=CC(=O)O. The molecule has 0 unspecified atom stereocenters. The monoisotopic (exact) mass is 296 g/mol. The van der Waals surface area contributed by atoms with E-state index < -0.39 is 5.97 Å². The van der Waals surface area contributed by atoms with Crippen LogP contribution >= 0.6 is 0 Å². The second kappa shape index (κ2) is 8.18. The van der Waals surface area contributed by atoms with Crippen LogP contribution in [0.1, 0.15) is 36.1 Å². The summed E-state index contributed by atoms with van der Waals surface area (Å²) in [6.07, 6.45) is 11.0. The van der Waals surface area contributed by atoms with E-state index in [-0.39, 0.29) is 0 Å². The fourth-order valence-corrected chi connectivity index (χ4v) is 2.32.